The van der Waals surface area contributed by atoms with E-state index in [4.69, 9.17) is 0 Å². The van der Waals surface area contributed by atoms with Crippen LogP contribution in [0.3, 0.4) is 0 Å². The first-order valence-corrected chi connectivity index (χ1v) is 9.42. The van der Waals surface area contributed by atoms with Gasteiger partial charge >= 0.3 is 0 Å². The second kappa shape index (κ2) is 7.57. The summed E-state index contributed by atoms with van der Waals surface area (Å²) < 4.78 is 0. The van der Waals surface area contributed by atoms with Crippen LogP contribution in [-0.4, -0.2) is 0 Å². The zero-order valence-electron chi connectivity index (χ0n) is 14.6. The molecule has 0 aliphatic heterocycles. The largest absolute Gasteiger partial charge is 0.311 e. The SMILES string of the molecule is c1ccc(N(c2ccccc2)c2ccc(C3CCCCC3)cc2)cc1. The lowest BCUT2D eigenvalue weighted by molar-refractivity contribution is 0.443. The number of hydrogen-bond acceptors (Lipinski definition) is 1. The van der Waals surface area contributed by atoms with E-state index in [2.05, 4.69) is 89.8 Å². The predicted octanol–water partition coefficient (Wildman–Crippen LogP) is 7.20. The summed E-state index contributed by atoms with van der Waals surface area (Å²) in [5.74, 6) is 0.754. The van der Waals surface area contributed by atoms with Gasteiger partial charge in [-0.15, -0.1) is 0 Å². The Bertz CT molecular complexity index is 732. The molecule has 4 rings (SSSR count). The summed E-state index contributed by atoms with van der Waals surface area (Å²) in [4.78, 5) is 2.32. The number of rotatable bonds is 4. The number of para-hydroxylation sites is 2. The highest BCUT2D eigenvalue weighted by Crippen LogP contribution is 2.37. The molecule has 0 atom stereocenters. The molecule has 0 N–H and O–H groups in total. The van der Waals surface area contributed by atoms with E-state index in [9.17, 15) is 0 Å². The summed E-state index contributed by atoms with van der Waals surface area (Å²) in [7, 11) is 0. The monoisotopic (exact) mass is 327 g/mol. The summed E-state index contributed by atoms with van der Waals surface area (Å²) in [6.45, 7) is 0. The average Bonchev–Trinajstić information content (AvgIpc) is 2.71. The second-order valence-corrected chi connectivity index (χ2v) is 6.93. The van der Waals surface area contributed by atoms with Crippen LogP contribution >= 0.6 is 0 Å². The fourth-order valence-corrected chi connectivity index (χ4v) is 3.93. The fourth-order valence-electron chi connectivity index (χ4n) is 3.93. The van der Waals surface area contributed by atoms with Crippen molar-refractivity contribution >= 4 is 17.1 Å². The molecule has 126 valence electrons. The molecule has 1 nitrogen and oxygen atoms in total. The molecule has 0 spiro atoms. The van der Waals surface area contributed by atoms with Crippen molar-refractivity contribution in [2.45, 2.75) is 38.0 Å². The average molecular weight is 327 g/mol. The summed E-state index contributed by atoms with van der Waals surface area (Å²) in [5.41, 5.74) is 5.11. The molecule has 1 aliphatic rings. The van der Waals surface area contributed by atoms with E-state index >= 15 is 0 Å². The molecule has 0 aromatic heterocycles. The first kappa shape index (κ1) is 16.0. The van der Waals surface area contributed by atoms with E-state index in [1.54, 1.807) is 0 Å². The Morgan fingerprint density at radius 1 is 0.520 bits per heavy atom. The Morgan fingerprint density at radius 2 is 1.00 bits per heavy atom. The van der Waals surface area contributed by atoms with E-state index in [1.165, 1.54) is 54.7 Å². The van der Waals surface area contributed by atoms with Gasteiger partial charge in [0.1, 0.15) is 0 Å². The van der Waals surface area contributed by atoms with Crippen LogP contribution in [0.4, 0.5) is 17.1 Å². The van der Waals surface area contributed by atoms with Gasteiger partial charge in [0.2, 0.25) is 0 Å². The normalized spacial score (nSPS) is 15.0. The van der Waals surface area contributed by atoms with Crippen LogP contribution in [-0.2, 0) is 0 Å². The van der Waals surface area contributed by atoms with Gasteiger partial charge < -0.3 is 4.90 Å². The highest BCUT2D eigenvalue weighted by molar-refractivity contribution is 5.76. The Balaban J connectivity index is 1.68. The molecule has 0 amide bonds. The van der Waals surface area contributed by atoms with Crippen molar-refractivity contribution in [1.82, 2.24) is 0 Å². The molecule has 0 heterocycles. The Hall–Kier alpha value is -2.54. The van der Waals surface area contributed by atoms with E-state index < -0.39 is 0 Å². The van der Waals surface area contributed by atoms with Crippen molar-refractivity contribution in [1.29, 1.82) is 0 Å². The summed E-state index contributed by atoms with van der Waals surface area (Å²) >= 11 is 0. The molecule has 3 aromatic carbocycles. The van der Waals surface area contributed by atoms with Crippen molar-refractivity contribution in [3.63, 3.8) is 0 Å². The van der Waals surface area contributed by atoms with Crippen molar-refractivity contribution in [3.8, 4) is 0 Å². The molecule has 3 aromatic rings. The van der Waals surface area contributed by atoms with Crippen LogP contribution in [0.1, 0.15) is 43.6 Å². The van der Waals surface area contributed by atoms with Gasteiger partial charge in [-0.2, -0.15) is 0 Å². The van der Waals surface area contributed by atoms with Crippen molar-refractivity contribution in [2.24, 2.45) is 0 Å². The maximum atomic E-state index is 2.34. The van der Waals surface area contributed by atoms with Crippen LogP contribution in [0.15, 0.2) is 84.9 Å². The number of nitrogens with zero attached hydrogens (tertiary/aromatic N) is 1. The van der Waals surface area contributed by atoms with Crippen LogP contribution < -0.4 is 4.90 Å². The Labute approximate surface area is 150 Å². The molecule has 0 radical (unpaired) electrons. The van der Waals surface area contributed by atoms with Gasteiger partial charge in [-0.05, 0) is 60.7 Å². The number of hydrogen-bond donors (Lipinski definition) is 0. The standard InChI is InChI=1S/C24H25N/c1-4-10-20(11-5-1)21-16-18-24(19-17-21)25(22-12-6-2-7-13-22)23-14-8-3-9-15-23/h2-3,6-9,12-20H,1,4-5,10-11H2. The second-order valence-electron chi connectivity index (χ2n) is 6.93. The summed E-state index contributed by atoms with van der Waals surface area (Å²) in [6, 6.07) is 30.4. The lowest BCUT2D eigenvalue weighted by Gasteiger charge is -2.27. The van der Waals surface area contributed by atoms with Crippen molar-refractivity contribution < 1.29 is 0 Å². The van der Waals surface area contributed by atoms with Gasteiger partial charge in [-0.1, -0.05) is 67.8 Å². The minimum atomic E-state index is 0.754. The molecule has 25 heavy (non-hydrogen) atoms. The zero-order chi connectivity index (χ0) is 16.9. The van der Waals surface area contributed by atoms with Crippen molar-refractivity contribution in [3.05, 3.63) is 90.5 Å². The van der Waals surface area contributed by atoms with Crippen LogP contribution in [0.25, 0.3) is 0 Å². The van der Waals surface area contributed by atoms with E-state index in [0.717, 1.165) is 5.92 Å². The number of anilines is 3. The molecule has 0 unspecified atom stereocenters. The first-order valence-electron chi connectivity index (χ1n) is 9.42. The zero-order valence-corrected chi connectivity index (χ0v) is 14.6. The van der Waals surface area contributed by atoms with Crippen molar-refractivity contribution in [2.75, 3.05) is 4.90 Å². The maximum Gasteiger partial charge on any atom is 0.0461 e. The Kier molecular flexibility index (Phi) is 4.83. The Morgan fingerprint density at radius 3 is 1.52 bits per heavy atom. The molecule has 1 heteroatoms. The topological polar surface area (TPSA) is 3.24 Å². The van der Waals surface area contributed by atoms with E-state index in [-0.39, 0.29) is 0 Å². The van der Waals surface area contributed by atoms with Gasteiger partial charge in [0.15, 0.2) is 0 Å². The quantitative estimate of drug-likeness (QED) is 0.489. The molecular weight excluding hydrogens is 302 g/mol. The minimum absolute atomic E-state index is 0.754. The van der Waals surface area contributed by atoms with Gasteiger partial charge in [0, 0.05) is 17.1 Å². The fraction of sp³-hybridized carbons (Fsp3) is 0.250. The third-order valence-corrected chi connectivity index (χ3v) is 5.26. The predicted molar refractivity (Wildman–Crippen MR) is 107 cm³/mol. The molecule has 0 saturated heterocycles. The molecule has 1 saturated carbocycles. The molecule has 0 bridgehead atoms. The van der Waals surface area contributed by atoms with E-state index in [1.807, 2.05) is 0 Å². The lowest BCUT2D eigenvalue weighted by atomic mass is 9.84. The molecule has 1 fully saturated rings. The summed E-state index contributed by atoms with van der Waals surface area (Å²) in [6.07, 6.45) is 6.87. The van der Waals surface area contributed by atoms with Gasteiger partial charge in [-0.3, -0.25) is 0 Å². The smallest absolute Gasteiger partial charge is 0.0461 e. The van der Waals surface area contributed by atoms with Crippen LogP contribution in [0.2, 0.25) is 0 Å². The van der Waals surface area contributed by atoms with Gasteiger partial charge in [-0.25, -0.2) is 0 Å². The number of benzene rings is 3. The minimum Gasteiger partial charge on any atom is -0.311 e. The third kappa shape index (κ3) is 3.61. The highest BCUT2D eigenvalue weighted by atomic mass is 15.1. The third-order valence-electron chi connectivity index (χ3n) is 5.26. The maximum absolute atomic E-state index is 2.34. The molecule has 1 aliphatic carbocycles. The van der Waals surface area contributed by atoms with Crippen LogP contribution in [0.5, 0.6) is 0 Å². The van der Waals surface area contributed by atoms with Gasteiger partial charge in [0.05, 0.1) is 0 Å². The first-order chi connectivity index (χ1) is 12.4. The lowest BCUT2D eigenvalue weighted by Crippen LogP contribution is -2.10. The van der Waals surface area contributed by atoms with Crippen LogP contribution in [0, 0.1) is 0 Å². The molecular formula is C24H25N. The van der Waals surface area contributed by atoms with E-state index in [0.29, 0.717) is 0 Å². The highest BCUT2D eigenvalue weighted by Gasteiger charge is 2.16. The van der Waals surface area contributed by atoms with Gasteiger partial charge in [0.25, 0.3) is 0 Å². The summed E-state index contributed by atoms with van der Waals surface area (Å²) in [5, 5.41) is 0.